The summed E-state index contributed by atoms with van der Waals surface area (Å²) in [6.07, 6.45) is 0. The summed E-state index contributed by atoms with van der Waals surface area (Å²) in [5.74, 6) is -0.313. The molecule has 0 fully saturated rings. The minimum absolute atomic E-state index is 0.127. The fourth-order valence-corrected chi connectivity index (χ4v) is 1.94. The first kappa shape index (κ1) is 15.5. The average Bonchev–Trinajstić information content (AvgIpc) is 2.36. The van der Waals surface area contributed by atoms with Crippen LogP contribution in [0, 0.1) is 0 Å². The van der Waals surface area contributed by atoms with Crippen LogP contribution < -0.4 is 10.0 Å². The molecule has 0 atom stereocenters. The van der Waals surface area contributed by atoms with Crippen LogP contribution in [0.25, 0.3) is 0 Å². The summed E-state index contributed by atoms with van der Waals surface area (Å²) < 4.78 is 25.7. The van der Waals surface area contributed by atoms with Crippen LogP contribution in [-0.4, -0.2) is 37.8 Å². The molecule has 0 bridgehead atoms. The third-order valence-corrected chi connectivity index (χ3v) is 4.19. The maximum atomic E-state index is 11.6. The number of anilines is 1. The molecule has 6 nitrogen and oxygen atoms in total. The second kappa shape index (κ2) is 6.53. The van der Waals surface area contributed by atoms with Gasteiger partial charge < -0.3 is 10.4 Å². The maximum Gasteiger partial charge on any atom is 0.251 e. The molecule has 0 aliphatic rings. The molecular formula is C12H18N2O4S. The minimum atomic E-state index is -3.38. The first-order chi connectivity index (χ1) is 8.86. The van der Waals surface area contributed by atoms with Gasteiger partial charge in [0.25, 0.3) is 5.91 Å². The maximum absolute atomic E-state index is 11.6. The number of amides is 1. The van der Waals surface area contributed by atoms with Gasteiger partial charge in [-0.05, 0) is 38.1 Å². The molecule has 0 spiro atoms. The molecule has 0 saturated heterocycles. The average molecular weight is 286 g/mol. The van der Waals surface area contributed by atoms with Crippen molar-refractivity contribution in [1.29, 1.82) is 0 Å². The highest BCUT2D eigenvalue weighted by molar-refractivity contribution is 7.93. The van der Waals surface area contributed by atoms with Crippen LogP contribution in [0.5, 0.6) is 0 Å². The van der Waals surface area contributed by atoms with Gasteiger partial charge in [0.1, 0.15) is 0 Å². The molecular weight excluding hydrogens is 268 g/mol. The lowest BCUT2D eigenvalue weighted by molar-refractivity contribution is 0.0945. The monoisotopic (exact) mass is 286 g/mol. The number of aliphatic hydroxyl groups is 1. The quantitative estimate of drug-likeness (QED) is 0.712. The third-order valence-electron chi connectivity index (χ3n) is 2.43. The number of nitrogens with one attached hydrogen (secondary N) is 2. The standard InChI is InChI=1S/C12H18N2O4S/c1-9(2)19(17,18)14-11-5-3-10(4-6-11)12(16)13-7-8-15/h3-6,9,14-15H,7-8H2,1-2H3,(H,13,16). The van der Waals surface area contributed by atoms with Gasteiger partial charge in [-0.15, -0.1) is 0 Å². The molecule has 1 aromatic carbocycles. The molecule has 0 aliphatic carbocycles. The van der Waals surface area contributed by atoms with E-state index in [0.29, 0.717) is 11.3 Å². The number of rotatable bonds is 6. The van der Waals surface area contributed by atoms with Crippen molar-refractivity contribution in [1.82, 2.24) is 5.32 Å². The first-order valence-electron chi connectivity index (χ1n) is 5.87. The van der Waals surface area contributed by atoms with Crippen molar-refractivity contribution >= 4 is 21.6 Å². The van der Waals surface area contributed by atoms with Crippen molar-refractivity contribution in [3.63, 3.8) is 0 Å². The second-order valence-corrected chi connectivity index (χ2v) is 6.49. The first-order valence-corrected chi connectivity index (χ1v) is 7.42. The normalized spacial score (nSPS) is 11.4. The smallest absolute Gasteiger partial charge is 0.251 e. The van der Waals surface area contributed by atoms with E-state index in [1.165, 1.54) is 24.3 Å². The van der Waals surface area contributed by atoms with E-state index in [9.17, 15) is 13.2 Å². The van der Waals surface area contributed by atoms with Crippen LogP contribution in [0.3, 0.4) is 0 Å². The number of benzene rings is 1. The number of sulfonamides is 1. The fourth-order valence-electron chi connectivity index (χ4n) is 1.24. The van der Waals surface area contributed by atoms with E-state index in [-0.39, 0.29) is 19.1 Å². The lowest BCUT2D eigenvalue weighted by atomic mass is 10.2. The Hall–Kier alpha value is -1.60. The van der Waals surface area contributed by atoms with E-state index >= 15 is 0 Å². The number of hydrogen-bond acceptors (Lipinski definition) is 4. The van der Waals surface area contributed by atoms with E-state index < -0.39 is 15.3 Å². The van der Waals surface area contributed by atoms with Crippen molar-refractivity contribution in [2.24, 2.45) is 0 Å². The number of hydrogen-bond donors (Lipinski definition) is 3. The molecule has 1 amide bonds. The zero-order chi connectivity index (χ0) is 14.5. The van der Waals surface area contributed by atoms with Gasteiger partial charge in [0.15, 0.2) is 0 Å². The Morgan fingerprint density at radius 2 is 1.84 bits per heavy atom. The van der Waals surface area contributed by atoms with E-state index in [1.807, 2.05) is 0 Å². The van der Waals surface area contributed by atoms with E-state index in [2.05, 4.69) is 10.0 Å². The summed E-state index contributed by atoms with van der Waals surface area (Å²) in [5, 5.41) is 10.6. The summed E-state index contributed by atoms with van der Waals surface area (Å²) in [7, 11) is -3.38. The van der Waals surface area contributed by atoms with Crippen molar-refractivity contribution < 1.29 is 18.3 Å². The summed E-state index contributed by atoms with van der Waals surface area (Å²) >= 11 is 0. The number of aliphatic hydroxyl groups excluding tert-OH is 1. The molecule has 106 valence electrons. The Morgan fingerprint density at radius 1 is 1.26 bits per heavy atom. The predicted molar refractivity (Wildman–Crippen MR) is 73.5 cm³/mol. The highest BCUT2D eigenvalue weighted by atomic mass is 32.2. The Balaban J connectivity index is 2.75. The molecule has 7 heteroatoms. The van der Waals surface area contributed by atoms with Gasteiger partial charge in [0.2, 0.25) is 10.0 Å². The summed E-state index contributed by atoms with van der Waals surface area (Å²) in [4.78, 5) is 11.5. The van der Waals surface area contributed by atoms with Gasteiger partial charge in [0.05, 0.1) is 11.9 Å². The van der Waals surface area contributed by atoms with Crippen LogP contribution in [0.15, 0.2) is 24.3 Å². The van der Waals surface area contributed by atoms with Crippen LogP contribution in [-0.2, 0) is 10.0 Å². The number of carbonyl (C=O) groups excluding carboxylic acids is 1. The molecule has 0 heterocycles. The minimum Gasteiger partial charge on any atom is -0.395 e. The van der Waals surface area contributed by atoms with Crippen molar-refractivity contribution in [2.45, 2.75) is 19.1 Å². The Kier molecular flexibility index (Phi) is 5.31. The third kappa shape index (κ3) is 4.53. The Morgan fingerprint density at radius 3 is 2.32 bits per heavy atom. The molecule has 1 rings (SSSR count). The highest BCUT2D eigenvalue weighted by Gasteiger charge is 2.15. The summed E-state index contributed by atoms with van der Waals surface area (Å²) in [5.41, 5.74) is 0.813. The van der Waals surface area contributed by atoms with Crippen molar-refractivity contribution in [3.8, 4) is 0 Å². The van der Waals surface area contributed by atoms with Gasteiger partial charge in [-0.1, -0.05) is 0 Å². The molecule has 0 aromatic heterocycles. The molecule has 3 N–H and O–H groups in total. The molecule has 1 aromatic rings. The molecule has 0 saturated carbocycles. The van der Waals surface area contributed by atoms with Gasteiger partial charge in [-0.25, -0.2) is 8.42 Å². The molecule has 0 aliphatic heterocycles. The Bertz CT molecular complexity index is 523. The van der Waals surface area contributed by atoms with Gasteiger partial charge in [-0.2, -0.15) is 0 Å². The zero-order valence-electron chi connectivity index (χ0n) is 10.9. The van der Waals surface area contributed by atoms with Gasteiger partial charge >= 0.3 is 0 Å². The highest BCUT2D eigenvalue weighted by Crippen LogP contribution is 2.13. The molecule has 0 radical (unpaired) electrons. The SMILES string of the molecule is CC(C)S(=O)(=O)Nc1ccc(C(=O)NCCO)cc1. The molecule has 19 heavy (non-hydrogen) atoms. The van der Waals surface area contributed by atoms with E-state index in [0.717, 1.165) is 0 Å². The van der Waals surface area contributed by atoms with Crippen LogP contribution in [0.2, 0.25) is 0 Å². The van der Waals surface area contributed by atoms with Gasteiger partial charge in [-0.3, -0.25) is 9.52 Å². The van der Waals surface area contributed by atoms with Gasteiger partial charge in [0, 0.05) is 17.8 Å². The predicted octanol–water partition coefficient (Wildman–Crippen LogP) is 0.559. The lowest BCUT2D eigenvalue weighted by Gasteiger charge is -2.11. The topological polar surface area (TPSA) is 95.5 Å². The van der Waals surface area contributed by atoms with Crippen LogP contribution >= 0.6 is 0 Å². The second-order valence-electron chi connectivity index (χ2n) is 4.25. The van der Waals surface area contributed by atoms with E-state index in [1.54, 1.807) is 13.8 Å². The summed E-state index contributed by atoms with van der Waals surface area (Å²) in [6.45, 7) is 3.22. The van der Waals surface area contributed by atoms with Crippen molar-refractivity contribution in [3.05, 3.63) is 29.8 Å². The lowest BCUT2D eigenvalue weighted by Crippen LogP contribution is -2.26. The fraction of sp³-hybridized carbons (Fsp3) is 0.417. The summed E-state index contributed by atoms with van der Waals surface area (Å²) in [6, 6.07) is 6.08. The zero-order valence-corrected chi connectivity index (χ0v) is 11.7. The Labute approximate surface area is 112 Å². The van der Waals surface area contributed by atoms with Crippen LogP contribution in [0.4, 0.5) is 5.69 Å². The van der Waals surface area contributed by atoms with Crippen molar-refractivity contribution in [2.75, 3.05) is 17.9 Å². The van der Waals surface area contributed by atoms with Crippen LogP contribution in [0.1, 0.15) is 24.2 Å². The largest absolute Gasteiger partial charge is 0.395 e. The number of carbonyl (C=O) groups is 1. The molecule has 0 unspecified atom stereocenters. The van der Waals surface area contributed by atoms with E-state index in [4.69, 9.17) is 5.11 Å².